The summed E-state index contributed by atoms with van der Waals surface area (Å²) in [6.07, 6.45) is 77.7. The van der Waals surface area contributed by atoms with E-state index in [9.17, 15) is 43.2 Å². The maximum atomic E-state index is 13.2. The van der Waals surface area contributed by atoms with Crippen LogP contribution < -0.4 is 0 Å². The molecule has 0 saturated carbocycles. The highest BCUT2D eigenvalue weighted by atomic mass is 31.2. The molecule has 3 N–H and O–H groups in total. The first kappa shape index (κ1) is 105. The molecule has 0 spiro atoms. The predicted molar refractivity (Wildman–Crippen MR) is 442 cm³/mol. The Labute approximate surface area is 658 Å². The van der Waals surface area contributed by atoms with Gasteiger partial charge < -0.3 is 33.8 Å². The summed E-state index contributed by atoms with van der Waals surface area (Å²) < 4.78 is 69.0. The number of ether oxygens (including phenoxy) is 4. The first-order valence-electron chi connectivity index (χ1n) is 45.8. The summed E-state index contributed by atoms with van der Waals surface area (Å²) in [5.41, 5.74) is 0. The highest BCUT2D eigenvalue weighted by Gasteiger charge is 2.30. The van der Waals surface area contributed by atoms with Crippen LogP contribution in [0, 0.1) is 0 Å². The molecule has 0 aromatic rings. The van der Waals surface area contributed by atoms with Gasteiger partial charge in [-0.1, -0.05) is 432 Å². The van der Waals surface area contributed by atoms with Crippen molar-refractivity contribution in [2.45, 2.75) is 502 Å². The van der Waals surface area contributed by atoms with Crippen LogP contribution in [0.25, 0.3) is 0 Å². The number of hydrogen-bond acceptors (Lipinski definition) is 15. The minimum absolute atomic E-state index is 0.110. The second-order valence-electron chi connectivity index (χ2n) is 31.6. The normalized spacial score (nSPS) is 13.7. The highest BCUT2D eigenvalue weighted by Crippen LogP contribution is 2.45. The monoisotopic (exact) mass is 1560 g/mol. The van der Waals surface area contributed by atoms with E-state index in [4.69, 9.17) is 37.0 Å². The van der Waals surface area contributed by atoms with E-state index in [2.05, 4.69) is 27.7 Å². The summed E-state index contributed by atoms with van der Waals surface area (Å²) in [6, 6.07) is 0. The Morgan fingerprint density at radius 2 is 0.374 bits per heavy atom. The fourth-order valence-electron chi connectivity index (χ4n) is 13.9. The van der Waals surface area contributed by atoms with Crippen molar-refractivity contribution in [3.63, 3.8) is 0 Å². The SMILES string of the molecule is CCCCCCCCCCCCCCCCCCCCCCC(=O)O[C@H](COC(=O)CCCCCCCCCCCCCCCCCCC)COP(=O)(O)OC[C@@H](O)COP(=O)(O)OC[C@@H](COC(=O)CCCCCCCCCCCCCCC)OC(=O)CCCCCCCCCCCCCCCCCCC. The Balaban J connectivity index is 5.26. The molecule has 17 nitrogen and oxygen atoms in total. The number of hydrogen-bond donors (Lipinski definition) is 3. The van der Waals surface area contributed by atoms with Crippen molar-refractivity contribution in [1.29, 1.82) is 0 Å². The van der Waals surface area contributed by atoms with Crippen molar-refractivity contribution >= 4 is 39.5 Å². The van der Waals surface area contributed by atoms with Crippen LogP contribution in [0.5, 0.6) is 0 Å². The predicted octanol–water partition coefficient (Wildman–Crippen LogP) is 27.3. The first-order chi connectivity index (χ1) is 52.2. The third kappa shape index (κ3) is 81.9. The van der Waals surface area contributed by atoms with Gasteiger partial charge in [0.1, 0.15) is 19.3 Å². The van der Waals surface area contributed by atoms with Gasteiger partial charge in [0.2, 0.25) is 0 Å². The average Bonchev–Trinajstić information content (AvgIpc) is 0.901. The summed E-state index contributed by atoms with van der Waals surface area (Å²) in [5, 5.41) is 10.7. The molecule has 0 aliphatic rings. The van der Waals surface area contributed by atoms with Gasteiger partial charge in [-0.25, -0.2) is 9.13 Å². The van der Waals surface area contributed by atoms with Crippen LogP contribution in [-0.4, -0.2) is 96.7 Å². The summed E-state index contributed by atoms with van der Waals surface area (Å²) >= 11 is 0. The molecule has 0 amide bonds. The van der Waals surface area contributed by atoms with Crippen LogP contribution in [0.3, 0.4) is 0 Å². The Morgan fingerprint density at radius 3 is 0.551 bits per heavy atom. The van der Waals surface area contributed by atoms with Crippen LogP contribution in [0.15, 0.2) is 0 Å². The zero-order valence-electron chi connectivity index (χ0n) is 70.1. The lowest BCUT2D eigenvalue weighted by Crippen LogP contribution is -2.30. The van der Waals surface area contributed by atoms with E-state index >= 15 is 0 Å². The molecule has 0 aromatic heterocycles. The molecule has 0 aromatic carbocycles. The minimum atomic E-state index is -4.97. The number of unbranched alkanes of at least 4 members (excludes halogenated alkanes) is 63. The molecule has 0 rings (SSSR count). The number of rotatable bonds is 89. The Morgan fingerprint density at radius 1 is 0.224 bits per heavy atom. The molecular formula is C88H172O17P2. The number of aliphatic hydroxyl groups excluding tert-OH is 1. The fraction of sp³-hybridized carbons (Fsp3) is 0.955. The smallest absolute Gasteiger partial charge is 0.462 e. The Hall–Kier alpha value is -1.94. The van der Waals surface area contributed by atoms with Gasteiger partial charge in [-0.15, -0.1) is 0 Å². The molecule has 19 heteroatoms. The van der Waals surface area contributed by atoms with Crippen LogP contribution in [-0.2, 0) is 65.4 Å². The van der Waals surface area contributed by atoms with E-state index in [-0.39, 0.29) is 25.7 Å². The van der Waals surface area contributed by atoms with Crippen LogP contribution in [0.4, 0.5) is 0 Å². The lowest BCUT2D eigenvalue weighted by atomic mass is 10.0. The van der Waals surface area contributed by atoms with Crippen molar-refractivity contribution in [3.05, 3.63) is 0 Å². The Kier molecular flexibility index (Phi) is 80.6. The van der Waals surface area contributed by atoms with Gasteiger partial charge in [-0.05, 0) is 25.7 Å². The number of phosphoric ester groups is 2. The number of esters is 4. The van der Waals surface area contributed by atoms with Gasteiger partial charge >= 0.3 is 39.5 Å². The second-order valence-corrected chi connectivity index (χ2v) is 34.5. The molecule has 0 aliphatic carbocycles. The van der Waals surface area contributed by atoms with Gasteiger partial charge in [0, 0.05) is 25.7 Å². The minimum Gasteiger partial charge on any atom is -0.462 e. The maximum Gasteiger partial charge on any atom is 0.472 e. The van der Waals surface area contributed by atoms with Gasteiger partial charge in [0.15, 0.2) is 12.2 Å². The molecule has 0 radical (unpaired) electrons. The molecule has 0 fully saturated rings. The molecule has 636 valence electrons. The molecule has 0 heterocycles. The second kappa shape index (κ2) is 82.1. The summed E-state index contributed by atoms with van der Waals surface area (Å²) in [4.78, 5) is 73.3. The average molecular weight is 1560 g/mol. The van der Waals surface area contributed by atoms with Gasteiger partial charge in [0.05, 0.1) is 26.4 Å². The first-order valence-corrected chi connectivity index (χ1v) is 48.8. The third-order valence-electron chi connectivity index (χ3n) is 20.9. The zero-order chi connectivity index (χ0) is 78.1. The number of phosphoric acid groups is 2. The molecule has 2 unspecified atom stereocenters. The third-order valence-corrected chi connectivity index (χ3v) is 22.8. The van der Waals surface area contributed by atoms with E-state index in [0.29, 0.717) is 25.7 Å². The number of carbonyl (C=O) groups is 4. The zero-order valence-corrected chi connectivity index (χ0v) is 71.9. The van der Waals surface area contributed by atoms with Crippen molar-refractivity contribution in [2.75, 3.05) is 39.6 Å². The fourth-order valence-corrected chi connectivity index (χ4v) is 15.5. The maximum absolute atomic E-state index is 13.2. The lowest BCUT2D eigenvalue weighted by molar-refractivity contribution is -0.161. The van der Waals surface area contributed by atoms with Gasteiger partial charge in [-0.3, -0.25) is 37.3 Å². The summed E-state index contributed by atoms with van der Waals surface area (Å²) in [7, 11) is -9.93. The van der Waals surface area contributed by atoms with Crippen LogP contribution in [0.1, 0.15) is 484 Å². The van der Waals surface area contributed by atoms with E-state index in [1.807, 2.05) is 0 Å². The van der Waals surface area contributed by atoms with Crippen LogP contribution >= 0.6 is 15.6 Å². The van der Waals surface area contributed by atoms with E-state index in [0.717, 1.165) is 89.9 Å². The number of aliphatic hydroxyl groups is 1. The van der Waals surface area contributed by atoms with Crippen molar-refractivity contribution in [1.82, 2.24) is 0 Å². The molecule has 0 aliphatic heterocycles. The topological polar surface area (TPSA) is 237 Å². The van der Waals surface area contributed by atoms with E-state index in [1.54, 1.807) is 0 Å². The molecule has 107 heavy (non-hydrogen) atoms. The van der Waals surface area contributed by atoms with Crippen molar-refractivity contribution in [3.8, 4) is 0 Å². The molecular weight excluding hydrogens is 1390 g/mol. The molecule has 0 bridgehead atoms. The van der Waals surface area contributed by atoms with E-state index < -0.39 is 97.5 Å². The number of carbonyl (C=O) groups excluding carboxylic acids is 4. The molecule has 5 atom stereocenters. The van der Waals surface area contributed by atoms with Gasteiger partial charge in [0.25, 0.3) is 0 Å². The summed E-state index contributed by atoms with van der Waals surface area (Å²) in [6.45, 7) is 5.08. The quantitative estimate of drug-likeness (QED) is 0.0222. The van der Waals surface area contributed by atoms with Gasteiger partial charge in [-0.2, -0.15) is 0 Å². The van der Waals surface area contributed by atoms with Crippen molar-refractivity contribution in [2.24, 2.45) is 0 Å². The summed E-state index contributed by atoms with van der Waals surface area (Å²) in [5.74, 6) is -2.09. The lowest BCUT2D eigenvalue weighted by Gasteiger charge is -2.21. The standard InChI is InChI=1S/C88H172O17P2/c1-5-9-13-17-21-25-29-33-36-39-40-41-44-47-51-55-59-63-67-71-75-88(93)105-84(79-99-86(91)73-69-65-61-57-53-49-45-42-37-34-30-26-22-18-14-10-6-2)81-103-107(96,97)101-77-82(89)76-100-106(94,95)102-80-83(78-98-85(90)72-68-64-60-56-52-48-32-28-24-20-16-12-8-4)104-87(92)74-70-66-62-58-54-50-46-43-38-35-31-27-23-19-15-11-7-3/h82-84,89H,5-81H2,1-4H3,(H,94,95)(H,96,97)/t82-,83+,84+/m0/s1. The largest absolute Gasteiger partial charge is 0.472 e. The van der Waals surface area contributed by atoms with Crippen molar-refractivity contribution < 1.29 is 80.2 Å². The van der Waals surface area contributed by atoms with E-state index in [1.165, 1.54) is 315 Å². The Bertz CT molecular complexity index is 2020. The highest BCUT2D eigenvalue weighted by molar-refractivity contribution is 7.47. The molecule has 0 saturated heterocycles. The van der Waals surface area contributed by atoms with Crippen LogP contribution in [0.2, 0.25) is 0 Å².